The van der Waals surface area contributed by atoms with Gasteiger partial charge in [-0.3, -0.25) is 38.4 Å². The summed E-state index contributed by atoms with van der Waals surface area (Å²) in [5, 5.41) is 60.3. The normalized spacial score (nSPS) is 12.5. The predicted molar refractivity (Wildman–Crippen MR) is 488 cm³/mol. The molecule has 0 saturated carbocycles. The van der Waals surface area contributed by atoms with Gasteiger partial charge in [0, 0.05) is 102 Å². The van der Waals surface area contributed by atoms with Crippen molar-refractivity contribution in [3.63, 3.8) is 0 Å². The number of unbranched alkanes of at least 4 members (excludes halogenated alkanes) is 6. The first kappa shape index (κ1) is 132. The van der Waals surface area contributed by atoms with Gasteiger partial charge in [0.2, 0.25) is 47.3 Å². The molecule has 0 spiro atoms. The van der Waals surface area contributed by atoms with Crippen molar-refractivity contribution >= 4 is 47.3 Å². The van der Waals surface area contributed by atoms with Gasteiger partial charge in [-0.15, -0.1) is 40.5 Å². The van der Waals surface area contributed by atoms with Crippen molar-refractivity contribution in [1.29, 1.82) is 0 Å². The fourth-order valence-electron chi connectivity index (χ4n) is 8.91. The van der Waals surface area contributed by atoms with Crippen LogP contribution in [0.4, 0.5) is 0 Å². The summed E-state index contributed by atoms with van der Waals surface area (Å²) in [6.45, 7) is 61.8. The molecule has 0 rings (SSSR count). The van der Waals surface area contributed by atoms with Gasteiger partial charge in [0.25, 0.3) is 20.3 Å². The summed E-state index contributed by atoms with van der Waals surface area (Å²) in [5.74, 6) is 3.88. The van der Waals surface area contributed by atoms with E-state index in [0.29, 0.717) is 157 Å². The molecule has 0 saturated heterocycles. The molecule has 0 fully saturated rings. The molecule has 36 heteroatoms. The summed E-state index contributed by atoms with van der Waals surface area (Å²) in [7, 11) is 0. The van der Waals surface area contributed by atoms with Gasteiger partial charge in [-0.2, -0.15) is 0 Å². The fourth-order valence-corrected chi connectivity index (χ4v) is 8.91. The van der Waals surface area contributed by atoms with E-state index < -0.39 is 44.8 Å². The number of nitrogens with zero attached hydrogens (tertiary/aromatic N) is 4. The number of carbonyl (C=O) groups excluding carboxylic acids is 8. The lowest BCUT2D eigenvalue weighted by atomic mass is 10.1. The number of hydrogen-bond acceptors (Lipinski definition) is 24. The van der Waals surface area contributed by atoms with Crippen molar-refractivity contribution in [3.8, 4) is 0 Å². The van der Waals surface area contributed by atoms with E-state index in [1.807, 2.05) is 104 Å². The SMILES string of the molecule is CCC(CCCC(=O)NC(C)C(C)C)O[N+](=O)[O-].CCC(CCCC(=O)NCC(C)C)O[N+](=O)[O-].CCC(COCCC(=O)NC(C)C(C)C)O[N+](=O)[O-].CCC(COCCC(=O)NCC(C)C)O[N+](=O)[O-].CCCCCCC(=O)NC(C)C(C)C.CCCCCCC(=O)NCC(C)C.CCCOCC(=O)NC(C)C(C)C.CCCOCC(=O)NCC(C)C. The van der Waals surface area contributed by atoms with Crippen LogP contribution in [0.15, 0.2) is 0 Å². The summed E-state index contributed by atoms with van der Waals surface area (Å²) in [5.41, 5.74) is 0. The van der Waals surface area contributed by atoms with Crippen molar-refractivity contribution in [2.75, 3.05) is 79.0 Å². The number of rotatable bonds is 64. The molecular formula is C88H180N12O24. The highest BCUT2D eigenvalue weighted by Gasteiger charge is 2.19. The number of nitrogens with one attached hydrogen (secondary N) is 8. The summed E-state index contributed by atoms with van der Waals surface area (Å²) < 4.78 is 20.6. The highest BCUT2D eigenvalue weighted by Crippen LogP contribution is 2.13. The van der Waals surface area contributed by atoms with Crippen LogP contribution in [0.2, 0.25) is 0 Å². The minimum atomic E-state index is -0.827. The zero-order chi connectivity index (χ0) is 96.9. The zero-order valence-electron chi connectivity index (χ0n) is 82.3. The summed E-state index contributed by atoms with van der Waals surface area (Å²) in [6.07, 6.45) is 16.4. The molecule has 736 valence electrons. The largest absolute Gasteiger partial charge is 0.379 e. The van der Waals surface area contributed by atoms with Crippen LogP contribution >= 0.6 is 0 Å². The molecule has 8 atom stereocenters. The number of amides is 8. The lowest BCUT2D eigenvalue weighted by Gasteiger charge is -2.17. The molecule has 0 aromatic rings. The van der Waals surface area contributed by atoms with Crippen molar-refractivity contribution in [3.05, 3.63) is 40.5 Å². The molecule has 0 heterocycles. The first-order valence-electron chi connectivity index (χ1n) is 45.9. The molecule has 124 heavy (non-hydrogen) atoms. The van der Waals surface area contributed by atoms with Gasteiger partial charge in [-0.1, -0.05) is 205 Å². The summed E-state index contributed by atoms with van der Waals surface area (Å²) in [4.78, 5) is 149. The van der Waals surface area contributed by atoms with E-state index >= 15 is 0 Å². The minimum absolute atomic E-state index is 0.00495. The maximum absolute atomic E-state index is 11.6. The van der Waals surface area contributed by atoms with Crippen LogP contribution in [0.25, 0.3) is 0 Å². The maximum Gasteiger partial charge on any atom is 0.294 e. The standard InChI is InChI=1S/C12H24N2O5.C12H24N2O4.C12H25NO.C11H22N2O5.C11H22N2O4.C11H23NO.C10H21NO2.C9H19NO2/c1-5-11(19-14(16)17)8-18-7-6-12(15)13-10(4)9(2)3;1-5-11(18-14(16)17)7-6-8-12(15)13-10(4)9(2)3;1-5-6-7-8-9-12(14)13-11(4)10(2)3;1-4-10(18-13(15)16)8-17-6-5-11(14)12-7-9(2)3;1-4-10(17-13(15)16)6-5-7-11(14)12-8-9(2)3;1-4-5-6-7-8-11(13)12-9-10(2)3;1-5-6-13-7-10(12)11-9(4)8(2)3;1-4-5-12-7-9(11)10-6-8(2)3/h9-11H,5-8H2,1-4H3,(H,13,15);9-11H,5-8H2,1-4H3,(H,13,15);10-11H,5-9H2,1-4H3,(H,13,14);9-10H,4-8H2,1-3H3,(H,12,14);9-10H,4-8H2,1-3H3,(H,12,14);10H,4-9H2,1-3H3,(H,12,13);8-9H,5-7H2,1-4H3,(H,11,12);8H,4-7H2,1-3H3,(H,10,11). The van der Waals surface area contributed by atoms with Gasteiger partial charge in [0.05, 0.1) is 26.4 Å². The van der Waals surface area contributed by atoms with Crippen LogP contribution in [0.3, 0.4) is 0 Å². The van der Waals surface area contributed by atoms with E-state index in [9.17, 15) is 78.8 Å². The minimum Gasteiger partial charge on any atom is -0.379 e. The molecule has 0 aliphatic carbocycles. The Balaban J connectivity index is -0.000000208. The Morgan fingerprint density at radius 2 is 0.508 bits per heavy atom. The average Bonchev–Trinajstić information content (AvgIpc) is 0.988. The van der Waals surface area contributed by atoms with E-state index in [1.54, 1.807) is 13.8 Å². The van der Waals surface area contributed by atoms with E-state index in [0.717, 1.165) is 38.8 Å². The van der Waals surface area contributed by atoms with Crippen LogP contribution in [-0.2, 0) is 76.7 Å². The third-order valence-corrected chi connectivity index (χ3v) is 18.2. The Labute approximate surface area is 747 Å². The number of hydrogen-bond donors (Lipinski definition) is 8. The molecule has 8 unspecified atom stereocenters. The molecule has 8 N–H and O–H groups in total. The monoisotopic (exact) mass is 1790 g/mol. The van der Waals surface area contributed by atoms with E-state index in [2.05, 4.69) is 138 Å². The van der Waals surface area contributed by atoms with Crippen molar-refractivity contribution in [2.45, 2.75) is 397 Å². The maximum atomic E-state index is 11.6. The fraction of sp³-hybridized carbons (Fsp3) is 0.909. The summed E-state index contributed by atoms with van der Waals surface area (Å²) >= 11 is 0. The van der Waals surface area contributed by atoms with Gasteiger partial charge in [0.1, 0.15) is 37.6 Å². The molecule has 0 aliphatic rings. The van der Waals surface area contributed by atoms with Crippen LogP contribution in [-0.4, -0.2) is 195 Å². The highest BCUT2D eigenvalue weighted by molar-refractivity contribution is 5.79. The van der Waals surface area contributed by atoms with Crippen molar-refractivity contribution in [1.82, 2.24) is 42.5 Å². The Kier molecular flexibility index (Phi) is 97.5. The van der Waals surface area contributed by atoms with Crippen LogP contribution in [0, 0.1) is 87.8 Å². The van der Waals surface area contributed by atoms with Gasteiger partial charge in [0.15, 0.2) is 0 Å². The molecule has 36 nitrogen and oxygen atoms in total. The van der Waals surface area contributed by atoms with Gasteiger partial charge < -0.3 is 80.8 Å². The van der Waals surface area contributed by atoms with E-state index in [-0.39, 0.29) is 118 Å². The van der Waals surface area contributed by atoms with Crippen LogP contribution in [0.1, 0.15) is 348 Å². The van der Waals surface area contributed by atoms with Crippen molar-refractivity contribution < 1.29 is 97.0 Å². The Hall–Kier alpha value is -7.60. The zero-order valence-corrected chi connectivity index (χ0v) is 82.3. The molecule has 0 aromatic carbocycles. The smallest absolute Gasteiger partial charge is 0.294 e. The Bertz CT molecular complexity index is 2630. The van der Waals surface area contributed by atoms with Gasteiger partial charge >= 0.3 is 0 Å². The molecular weight excluding hydrogens is 1610 g/mol. The predicted octanol–water partition coefficient (Wildman–Crippen LogP) is 15.5. The lowest BCUT2D eigenvalue weighted by molar-refractivity contribution is -0.769. The van der Waals surface area contributed by atoms with Gasteiger partial charge in [-0.25, -0.2) is 0 Å². The molecule has 0 aliphatic heterocycles. The van der Waals surface area contributed by atoms with E-state index in [1.165, 1.54) is 38.5 Å². The highest BCUT2D eigenvalue weighted by atomic mass is 17.0. The average molecular weight is 1790 g/mol. The first-order chi connectivity index (χ1) is 58.1. The topological polar surface area (TPSA) is 479 Å². The molecule has 8 amide bonds. The quantitative estimate of drug-likeness (QED) is 0.0159. The second-order valence-electron chi connectivity index (χ2n) is 33.8. The first-order valence-corrected chi connectivity index (χ1v) is 45.9. The summed E-state index contributed by atoms with van der Waals surface area (Å²) in [6, 6.07) is 0.787. The number of ether oxygens (including phenoxy) is 4. The third kappa shape index (κ3) is 109. The van der Waals surface area contributed by atoms with Gasteiger partial charge in [-0.05, 0) is 152 Å². The second-order valence-corrected chi connectivity index (χ2v) is 33.8. The van der Waals surface area contributed by atoms with E-state index in [4.69, 9.17) is 18.9 Å². The van der Waals surface area contributed by atoms with Crippen LogP contribution in [0.5, 0.6) is 0 Å². The van der Waals surface area contributed by atoms with Crippen LogP contribution < -0.4 is 42.5 Å². The number of carbonyl (C=O) groups is 8. The third-order valence-electron chi connectivity index (χ3n) is 18.2. The van der Waals surface area contributed by atoms with Crippen molar-refractivity contribution in [2.24, 2.45) is 47.3 Å². The molecule has 0 aromatic heterocycles. The molecule has 0 bridgehead atoms. The molecule has 0 radical (unpaired) electrons. The lowest BCUT2D eigenvalue weighted by Crippen LogP contribution is -2.38. The Morgan fingerprint density at radius 1 is 0.266 bits per heavy atom. The second kappa shape index (κ2) is 91.6. The Morgan fingerprint density at radius 3 is 0.782 bits per heavy atom.